The first kappa shape index (κ1) is 24.0. The van der Waals surface area contributed by atoms with Crippen molar-refractivity contribution in [1.29, 1.82) is 0 Å². The number of halogens is 1. The molecule has 7 nitrogen and oxygen atoms in total. The van der Waals surface area contributed by atoms with E-state index in [9.17, 15) is 14.4 Å². The second kappa shape index (κ2) is 10.4. The average Bonchev–Trinajstić information content (AvgIpc) is 2.83. The van der Waals surface area contributed by atoms with E-state index in [1.165, 1.54) is 6.08 Å². The lowest BCUT2D eigenvalue weighted by Crippen LogP contribution is -2.54. The number of barbiturate groups is 1. The minimum Gasteiger partial charge on any atom is -0.490 e. The number of ether oxygens (including phenoxy) is 2. The maximum Gasteiger partial charge on any atom is 0.335 e. The Kier molecular flexibility index (Phi) is 7.17. The van der Waals surface area contributed by atoms with Gasteiger partial charge in [0.2, 0.25) is 0 Å². The first-order valence-corrected chi connectivity index (χ1v) is 11.3. The fourth-order valence-electron chi connectivity index (χ4n) is 3.47. The van der Waals surface area contributed by atoms with Crippen molar-refractivity contribution in [2.75, 3.05) is 4.90 Å². The largest absolute Gasteiger partial charge is 0.490 e. The van der Waals surface area contributed by atoms with E-state index in [0.29, 0.717) is 34.4 Å². The van der Waals surface area contributed by atoms with Crippen LogP contribution < -0.4 is 19.7 Å². The Morgan fingerprint density at radius 3 is 2.37 bits per heavy atom. The summed E-state index contributed by atoms with van der Waals surface area (Å²) in [6.07, 6.45) is 1.24. The first-order chi connectivity index (χ1) is 16.8. The number of rotatable bonds is 7. The molecule has 0 aliphatic carbocycles. The third-order valence-electron chi connectivity index (χ3n) is 5.08. The van der Waals surface area contributed by atoms with E-state index in [4.69, 9.17) is 21.1 Å². The molecule has 1 heterocycles. The van der Waals surface area contributed by atoms with Crippen LogP contribution >= 0.6 is 11.6 Å². The monoisotopic (exact) mass is 490 g/mol. The fraction of sp³-hybridized carbons (Fsp3) is 0.148. The van der Waals surface area contributed by atoms with Gasteiger partial charge in [-0.1, -0.05) is 41.9 Å². The van der Waals surface area contributed by atoms with Crippen molar-refractivity contribution < 1.29 is 23.9 Å². The molecule has 0 radical (unpaired) electrons. The van der Waals surface area contributed by atoms with Crippen molar-refractivity contribution in [3.8, 4) is 11.5 Å². The van der Waals surface area contributed by atoms with E-state index in [2.05, 4.69) is 5.32 Å². The summed E-state index contributed by atoms with van der Waals surface area (Å²) in [7, 11) is 0. The summed E-state index contributed by atoms with van der Waals surface area (Å²) in [5.74, 6) is -0.522. The van der Waals surface area contributed by atoms with Crippen LogP contribution in [0.5, 0.6) is 11.5 Å². The molecule has 0 aromatic heterocycles. The molecule has 35 heavy (non-hydrogen) atoms. The molecule has 1 aliphatic heterocycles. The highest BCUT2D eigenvalue weighted by atomic mass is 35.5. The molecule has 3 aromatic rings. The molecule has 0 unspecified atom stereocenters. The number of amides is 4. The lowest BCUT2D eigenvalue weighted by Gasteiger charge is -2.26. The van der Waals surface area contributed by atoms with Gasteiger partial charge in [0.05, 0.1) is 11.8 Å². The van der Waals surface area contributed by atoms with Gasteiger partial charge in [-0.15, -0.1) is 0 Å². The molecular formula is C27H23ClN2O5. The van der Waals surface area contributed by atoms with Gasteiger partial charge in [0.25, 0.3) is 11.8 Å². The Morgan fingerprint density at radius 2 is 1.69 bits per heavy atom. The second-order valence-corrected chi connectivity index (χ2v) is 8.51. The van der Waals surface area contributed by atoms with Gasteiger partial charge >= 0.3 is 6.03 Å². The summed E-state index contributed by atoms with van der Waals surface area (Å²) in [4.78, 5) is 39.2. The smallest absolute Gasteiger partial charge is 0.335 e. The lowest BCUT2D eigenvalue weighted by molar-refractivity contribution is -0.122. The molecule has 0 bridgehead atoms. The van der Waals surface area contributed by atoms with Crippen molar-refractivity contribution in [3.63, 3.8) is 0 Å². The van der Waals surface area contributed by atoms with Gasteiger partial charge in [-0.25, -0.2) is 9.69 Å². The van der Waals surface area contributed by atoms with Crippen molar-refractivity contribution in [3.05, 3.63) is 94.5 Å². The summed E-state index contributed by atoms with van der Waals surface area (Å²) >= 11 is 6.12. The molecule has 3 aromatic carbocycles. The van der Waals surface area contributed by atoms with Crippen LogP contribution in [-0.4, -0.2) is 23.9 Å². The van der Waals surface area contributed by atoms with E-state index in [0.717, 1.165) is 10.5 Å². The predicted molar refractivity (Wildman–Crippen MR) is 133 cm³/mol. The number of carbonyl (C=O) groups excluding carboxylic acids is 3. The molecular weight excluding hydrogens is 468 g/mol. The maximum atomic E-state index is 13.2. The van der Waals surface area contributed by atoms with Crippen LogP contribution in [0.25, 0.3) is 6.08 Å². The fourth-order valence-corrected chi connectivity index (χ4v) is 3.65. The van der Waals surface area contributed by atoms with E-state index in [-0.39, 0.29) is 11.7 Å². The minimum atomic E-state index is -0.833. The van der Waals surface area contributed by atoms with Crippen LogP contribution in [0.15, 0.2) is 78.4 Å². The van der Waals surface area contributed by atoms with Gasteiger partial charge in [-0.05, 0) is 68.0 Å². The van der Waals surface area contributed by atoms with Gasteiger partial charge in [-0.2, -0.15) is 0 Å². The van der Waals surface area contributed by atoms with Gasteiger partial charge in [0.1, 0.15) is 23.7 Å². The van der Waals surface area contributed by atoms with Crippen LogP contribution in [0.4, 0.5) is 10.5 Å². The first-order valence-electron chi connectivity index (χ1n) is 11.0. The summed E-state index contributed by atoms with van der Waals surface area (Å²) in [5.41, 5.74) is 1.54. The Labute approximate surface area is 207 Å². The van der Waals surface area contributed by atoms with Crippen molar-refractivity contribution in [1.82, 2.24) is 5.32 Å². The predicted octanol–water partition coefficient (Wildman–Crippen LogP) is 5.37. The summed E-state index contributed by atoms with van der Waals surface area (Å²) in [6, 6.07) is 20.2. The van der Waals surface area contributed by atoms with E-state index in [1.807, 2.05) is 44.2 Å². The third-order valence-corrected chi connectivity index (χ3v) is 5.31. The Balaban J connectivity index is 1.58. The van der Waals surface area contributed by atoms with Crippen molar-refractivity contribution in [2.45, 2.75) is 26.6 Å². The van der Waals surface area contributed by atoms with Gasteiger partial charge < -0.3 is 9.47 Å². The molecule has 0 saturated carbocycles. The van der Waals surface area contributed by atoms with Crippen LogP contribution in [0.2, 0.25) is 5.02 Å². The zero-order valence-electron chi connectivity index (χ0n) is 19.2. The molecule has 4 rings (SSSR count). The highest BCUT2D eigenvalue weighted by Crippen LogP contribution is 2.29. The minimum absolute atomic E-state index is 0.134. The zero-order valence-corrected chi connectivity index (χ0v) is 19.9. The molecule has 0 atom stereocenters. The molecule has 178 valence electrons. The number of hydrogen-bond acceptors (Lipinski definition) is 5. The highest BCUT2D eigenvalue weighted by Gasteiger charge is 2.37. The number of benzene rings is 3. The highest BCUT2D eigenvalue weighted by molar-refractivity contribution is 6.39. The maximum absolute atomic E-state index is 13.2. The van der Waals surface area contributed by atoms with E-state index >= 15 is 0 Å². The SMILES string of the molecule is CC(C)Oc1ccc(Cl)cc1/C=C1\C(=O)NC(=O)N(c2ccc(OCc3ccccc3)cc2)C1=O. The van der Waals surface area contributed by atoms with Gasteiger partial charge in [-0.3, -0.25) is 14.9 Å². The average molecular weight is 491 g/mol. The topological polar surface area (TPSA) is 84.9 Å². The number of nitrogens with one attached hydrogen (secondary N) is 1. The van der Waals surface area contributed by atoms with Crippen molar-refractivity contribution >= 4 is 41.2 Å². The normalized spacial score (nSPS) is 14.9. The lowest BCUT2D eigenvalue weighted by atomic mass is 10.1. The molecule has 1 saturated heterocycles. The molecule has 1 fully saturated rings. The van der Waals surface area contributed by atoms with Crippen LogP contribution in [-0.2, 0) is 16.2 Å². The number of carbonyl (C=O) groups is 3. The standard InChI is InChI=1S/C27H23ClN2O5/c1-17(2)35-24-13-8-20(28)14-19(24)15-23-25(31)29-27(33)30(26(23)32)21-9-11-22(12-10-21)34-16-18-6-4-3-5-7-18/h3-15,17H,16H2,1-2H3,(H,29,31,33)/b23-15+. The van der Waals surface area contributed by atoms with Crippen LogP contribution in [0, 0.1) is 0 Å². The third kappa shape index (κ3) is 5.70. The number of hydrogen-bond donors (Lipinski definition) is 1. The molecule has 4 amide bonds. The van der Waals surface area contributed by atoms with Crippen molar-refractivity contribution in [2.24, 2.45) is 0 Å². The Hall–Kier alpha value is -4.10. The molecule has 0 spiro atoms. The molecule has 1 aliphatic rings. The number of urea groups is 1. The number of imide groups is 2. The zero-order chi connectivity index (χ0) is 24.9. The van der Waals surface area contributed by atoms with Gasteiger partial charge in [0.15, 0.2) is 0 Å². The molecule has 1 N–H and O–H groups in total. The molecule has 8 heteroatoms. The van der Waals surface area contributed by atoms with Gasteiger partial charge in [0, 0.05) is 10.6 Å². The number of nitrogens with zero attached hydrogens (tertiary/aromatic N) is 1. The van der Waals surface area contributed by atoms with E-state index < -0.39 is 17.8 Å². The quantitative estimate of drug-likeness (QED) is 0.355. The summed E-state index contributed by atoms with van der Waals surface area (Å²) in [5, 5.41) is 2.63. The van der Waals surface area contributed by atoms with E-state index in [1.54, 1.807) is 42.5 Å². The van der Waals surface area contributed by atoms with Crippen LogP contribution in [0.1, 0.15) is 25.0 Å². The second-order valence-electron chi connectivity index (χ2n) is 8.07. The summed E-state index contributed by atoms with van der Waals surface area (Å²) in [6.45, 7) is 4.10. The summed E-state index contributed by atoms with van der Waals surface area (Å²) < 4.78 is 11.5. The Morgan fingerprint density at radius 1 is 0.971 bits per heavy atom. The Bertz CT molecular complexity index is 1290. The van der Waals surface area contributed by atoms with Crippen LogP contribution in [0.3, 0.4) is 0 Å². The number of anilines is 1.